The van der Waals surface area contributed by atoms with Crippen LogP contribution in [0.4, 0.5) is 11.4 Å². The third kappa shape index (κ3) is 7.09. The third-order valence-corrected chi connectivity index (χ3v) is 9.20. The minimum Gasteiger partial charge on any atom is -0.510 e. The number of Topliss-reactive ketones (excluding diaryl/α,β-unsaturated/α-hetero) is 2. The quantitative estimate of drug-likeness (QED) is 0.0959. The molecule has 13 nitrogen and oxygen atoms in total. The van der Waals surface area contributed by atoms with E-state index in [0.29, 0.717) is 17.8 Å². The zero-order chi connectivity index (χ0) is 33.4. The average Bonchev–Trinajstić information content (AvgIpc) is 2.95. The van der Waals surface area contributed by atoms with Crippen LogP contribution in [0.15, 0.2) is 28.7 Å². The lowest BCUT2D eigenvalue weighted by molar-refractivity contribution is -0.148. The van der Waals surface area contributed by atoms with Gasteiger partial charge in [-0.25, -0.2) is 0 Å². The maximum absolute atomic E-state index is 14.1. The van der Waals surface area contributed by atoms with Crippen molar-refractivity contribution < 1.29 is 39.6 Å². The van der Waals surface area contributed by atoms with Crippen molar-refractivity contribution in [1.29, 1.82) is 0 Å². The number of hydrogen-bond acceptors (Lipinski definition) is 11. The number of allylic oxidation sites excluding steroid dienone is 1. The highest BCUT2D eigenvalue weighted by Crippen LogP contribution is 2.53. The van der Waals surface area contributed by atoms with Crippen molar-refractivity contribution in [1.82, 2.24) is 10.2 Å². The summed E-state index contributed by atoms with van der Waals surface area (Å²) >= 11 is 0. The normalized spacial score (nSPS) is 23.3. The zero-order valence-electron chi connectivity index (χ0n) is 27.4. The molecule has 0 saturated heterocycles. The summed E-state index contributed by atoms with van der Waals surface area (Å²) in [6.07, 6.45) is 5.56. The number of aromatic hydroxyl groups is 1. The number of anilines is 2. The molecule has 0 saturated carbocycles. The second-order valence-electron chi connectivity index (χ2n) is 12.6. The van der Waals surface area contributed by atoms with Crippen LogP contribution in [0, 0.1) is 11.8 Å². The van der Waals surface area contributed by atoms with Gasteiger partial charge in [0.15, 0.2) is 17.1 Å². The summed E-state index contributed by atoms with van der Waals surface area (Å²) < 4.78 is 0. The Labute approximate surface area is 287 Å². The molecule has 0 radical (unpaired) electrons. The molecule has 4 rings (SSSR count). The highest BCUT2D eigenvalue weighted by Gasteiger charge is 2.63. The van der Waals surface area contributed by atoms with Gasteiger partial charge in [-0.15, -0.1) is 24.8 Å². The van der Waals surface area contributed by atoms with Gasteiger partial charge in [0.05, 0.1) is 23.8 Å². The van der Waals surface area contributed by atoms with Gasteiger partial charge in [0.25, 0.3) is 5.91 Å². The number of aliphatic hydroxyl groups is 3. The number of carbonyl (C=O) groups excluding carboxylic acids is 4. The zero-order valence-corrected chi connectivity index (χ0v) is 29.0. The number of unbranched alkanes of at least 4 members (excludes halogenated alkanes) is 4. The molecule has 1 aromatic carbocycles. The topological polar surface area (TPSA) is 206 Å². The second-order valence-corrected chi connectivity index (χ2v) is 12.6. The Morgan fingerprint density at radius 2 is 1.68 bits per heavy atom. The van der Waals surface area contributed by atoms with E-state index in [1.807, 2.05) is 0 Å². The van der Waals surface area contributed by atoms with E-state index in [1.54, 1.807) is 39.2 Å². The Balaban J connectivity index is 0.00000384. The summed E-state index contributed by atoms with van der Waals surface area (Å²) in [4.78, 5) is 55.8. The van der Waals surface area contributed by atoms with Gasteiger partial charge in [-0.05, 0) is 57.5 Å². The van der Waals surface area contributed by atoms with E-state index in [9.17, 15) is 39.6 Å². The summed E-state index contributed by atoms with van der Waals surface area (Å²) in [7, 11) is 6.66. The van der Waals surface area contributed by atoms with E-state index >= 15 is 0 Å². The molecule has 0 aromatic heterocycles. The molecular formula is C32H47Cl2N5O8. The molecule has 0 aliphatic heterocycles. The summed E-state index contributed by atoms with van der Waals surface area (Å²) in [5, 5.41) is 51.3. The van der Waals surface area contributed by atoms with Gasteiger partial charge >= 0.3 is 0 Å². The van der Waals surface area contributed by atoms with Gasteiger partial charge in [-0.2, -0.15) is 0 Å². The molecule has 0 bridgehead atoms. The van der Waals surface area contributed by atoms with Crippen molar-refractivity contribution in [3.63, 3.8) is 0 Å². The first-order valence-corrected chi connectivity index (χ1v) is 15.4. The SMILES string of the molecule is CCCCCCCNCC(=O)Nc1cc(N(C)C)c2c(c1O)C(=O)C1=C(O)C3(O)C(=O)C(C(N)=O)=C(O)[C@@H](N(C)C)C3CC1C2.Cl.Cl. The monoisotopic (exact) mass is 699 g/mol. The van der Waals surface area contributed by atoms with Crippen LogP contribution in [0.25, 0.3) is 0 Å². The molecular weight excluding hydrogens is 653 g/mol. The minimum absolute atomic E-state index is 0. The van der Waals surface area contributed by atoms with Gasteiger partial charge in [-0.1, -0.05) is 32.6 Å². The van der Waals surface area contributed by atoms with Crippen LogP contribution >= 0.6 is 24.8 Å². The molecule has 8 N–H and O–H groups in total. The molecule has 3 aliphatic rings. The minimum atomic E-state index is -2.72. The first kappa shape index (κ1) is 39.8. The van der Waals surface area contributed by atoms with E-state index in [2.05, 4.69) is 17.6 Å². The maximum atomic E-state index is 14.1. The predicted molar refractivity (Wildman–Crippen MR) is 183 cm³/mol. The molecule has 3 aliphatic carbocycles. The van der Waals surface area contributed by atoms with Crippen LogP contribution in [-0.2, 0) is 20.8 Å². The molecule has 0 heterocycles. The number of halogens is 2. The number of phenols is 1. The molecule has 1 aromatic rings. The van der Waals surface area contributed by atoms with E-state index in [0.717, 1.165) is 25.7 Å². The van der Waals surface area contributed by atoms with Crippen LogP contribution in [0.3, 0.4) is 0 Å². The number of carbonyl (C=O) groups is 4. The number of rotatable bonds is 12. The van der Waals surface area contributed by atoms with Gasteiger partial charge in [0.1, 0.15) is 17.1 Å². The Hall–Kier alpha value is -3.36. The fraction of sp³-hybridized carbons (Fsp3) is 0.562. The number of ketones is 2. The second kappa shape index (κ2) is 15.7. The molecule has 0 fully saturated rings. The predicted octanol–water partition coefficient (Wildman–Crippen LogP) is 2.53. The third-order valence-electron chi connectivity index (χ3n) is 9.20. The van der Waals surface area contributed by atoms with Crippen molar-refractivity contribution in [2.75, 3.05) is 51.5 Å². The summed E-state index contributed by atoms with van der Waals surface area (Å²) in [6.45, 7) is 2.80. The molecule has 47 heavy (non-hydrogen) atoms. The van der Waals surface area contributed by atoms with Crippen LogP contribution in [0.1, 0.15) is 61.4 Å². The van der Waals surface area contributed by atoms with Crippen molar-refractivity contribution in [3.05, 3.63) is 39.9 Å². The molecule has 3 unspecified atom stereocenters. The number of aliphatic hydroxyl groups excluding tert-OH is 2. The summed E-state index contributed by atoms with van der Waals surface area (Å²) in [5.74, 6) is -7.69. The number of fused-ring (bicyclic) bond motifs is 3. The van der Waals surface area contributed by atoms with Crippen molar-refractivity contribution in [2.45, 2.75) is 63.5 Å². The number of primary amides is 1. The first-order chi connectivity index (χ1) is 21.2. The number of nitrogens with two attached hydrogens (primary N) is 1. The highest BCUT2D eigenvalue weighted by molar-refractivity contribution is 6.25. The van der Waals surface area contributed by atoms with Gasteiger partial charge in [0.2, 0.25) is 11.7 Å². The number of hydrogen-bond donors (Lipinski definition) is 7. The van der Waals surface area contributed by atoms with Gasteiger partial charge < -0.3 is 41.7 Å². The van der Waals surface area contributed by atoms with E-state index in [1.165, 1.54) is 11.3 Å². The number of phenolic OH excluding ortho intramolecular Hbond substituents is 1. The fourth-order valence-electron chi connectivity index (χ4n) is 7.04. The number of likely N-dealkylation sites (N-methyl/N-ethyl adjacent to an activating group) is 1. The van der Waals surface area contributed by atoms with Gasteiger partial charge in [0, 0.05) is 31.3 Å². The number of nitrogens with zero attached hydrogens (tertiary/aromatic N) is 2. The van der Waals surface area contributed by atoms with Crippen LogP contribution < -0.4 is 21.3 Å². The fourth-order valence-corrected chi connectivity index (χ4v) is 7.04. The Bertz CT molecular complexity index is 1480. The molecule has 4 atom stereocenters. The van der Waals surface area contributed by atoms with E-state index < -0.39 is 69.7 Å². The largest absolute Gasteiger partial charge is 0.510 e. The van der Waals surface area contributed by atoms with E-state index in [-0.39, 0.29) is 61.0 Å². The van der Waals surface area contributed by atoms with Crippen molar-refractivity contribution in [2.24, 2.45) is 17.6 Å². The lowest BCUT2D eigenvalue weighted by atomic mass is 9.58. The first-order valence-electron chi connectivity index (χ1n) is 15.4. The molecule has 2 amide bonds. The standard InChI is InChI=1S/C32H45N5O8.2ClH/c1-6-7-8-9-10-11-34-15-21(38)35-19-14-20(36(2)3)17-12-16-13-18-25(37(4)5)28(41)24(31(33)44)30(43)32(18,45)29(42)22(16)27(40)23(17)26(19)39;;/h14,16,18,25,34,39,41-42,45H,6-13,15H2,1-5H3,(H2,33,44)(H,35,38);2*1H/t16?,18?,25-,32?;;/m0../s1. The van der Waals surface area contributed by atoms with Crippen molar-refractivity contribution in [3.8, 4) is 5.75 Å². The number of amides is 2. The maximum Gasteiger partial charge on any atom is 0.255 e. The number of benzene rings is 1. The Morgan fingerprint density at radius 1 is 1.04 bits per heavy atom. The Morgan fingerprint density at radius 3 is 2.26 bits per heavy atom. The molecule has 0 spiro atoms. The van der Waals surface area contributed by atoms with Crippen LogP contribution in [0.5, 0.6) is 5.75 Å². The van der Waals surface area contributed by atoms with Crippen LogP contribution in [-0.4, -0.2) is 102 Å². The highest BCUT2D eigenvalue weighted by atomic mass is 35.5. The van der Waals surface area contributed by atoms with Crippen molar-refractivity contribution >= 4 is 59.6 Å². The molecule has 262 valence electrons. The summed E-state index contributed by atoms with van der Waals surface area (Å²) in [5.41, 5.74) is 2.41. The Kier molecular flexibility index (Phi) is 13.3. The lowest BCUT2D eigenvalue weighted by Crippen LogP contribution is -2.63. The smallest absolute Gasteiger partial charge is 0.255 e. The molecule has 15 heteroatoms. The van der Waals surface area contributed by atoms with Crippen LogP contribution in [0.2, 0.25) is 0 Å². The van der Waals surface area contributed by atoms with Gasteiger partial charge in [-0.3, -0.25) is 24.1 Å². The summed E-state index contributed by atoms with van der Waals surface area (Å²) in [6, 6.07) is 0.512. The average molecular weight is 701 g/mol. The van der Waals surface area contributed by atoms with E-state index in [4.69, 9.17) is 5.73 Å². The lowest BCUT2D eigenvalue weighted by Gasteiger charge is -2.50. The number of nitrogens with one attached hydrogen (secondary N) is 2.